The minimum absolute atomic E-state index is 0.521. The number of piperidine rings is 1. The Kier molecular flexibility index (Phi) is 1.60. The molecule has 1 saturated carbocycles. The maximum Gasteiger partial charge on any atom is 0.0582 e. The maximum atomic E-state index is 8.47. The van der Waals surface area contributed by atoms with E-state index in [1.54, 1.807) is 0 Å². The minimum atomic E-state index is 0.521. The lowest BCUT2D eigenvalue weighted by Crippen LogP contribution is -2.45. The molecule has 0 aromatic carbocycles. The molecule has 0 atom stereocenters. The second kappa shape index (κ2) is 2.48. The van der Waals surface area contributed by atoms with Crippen molar-refractivity contribution in [1.29, 1.82) is 0 Å². The first-order chi connectivity index (χ1) is 5.35. The highest BCUT2D eigenvalue weighted by molar-refractivity contribution is 5.91. The second-order valence-electron chi connectivity index (χ2n) is 3.77. The predicted octanol–water partition coefficient (Wildman–Crippen LogP) is 0.980. The smallest absolute Gasteiger partial charge is 0.0582 e. The lowest BCUT2D eigenvalue weighted by Gasteiger charge is -2.45. The van der Waals surface area contributed by atoms with Crippen LogP contribution in [0.1, 0.15) is 25.7 Å². The average molecular weight is 154 g/mol. The molecule has 0 aromatic rings. The Bertz CT molecular complexity index is 173. The van der Waals surface area contributed by atoms with Gasteiger partial charge in [0.25, 0.3) is 0 Å². The van der Waals surface area contributed by atoms with Gasteiger partial charge in [-0.25, -0.2) is 0 Å². The molecule has 2 rings (SSSR count). The highest BCUT2D eigenvalue weighted by atomic mass is 16.4. The van der Waals surface area contributed by atoms with Gasteiger partial charge < -0.3 is 10.5 Å². The highest BCUT2D eigenvalue weighted by Crippen LogP contribution is 2.45. The number of nitrogens with zero attached hydrogens (tertiary/aromatic N) is 1. The molecule has 1 heterocycles. The van der Waals surface area contributed by atoms with E-state index in [0.717, 1.165) is 31.6 Å². The van der Waals surface area contributed by atoms with Gasteiger partial charge >= 0.3 is 0 Å². The van der Waals surface area contributed by atoms with Gasteiger partial charge in [0.15, 0.2) is 0 Å². The van der Waals surface area contributed by atoms with Crippen LogP contribution in [0, 0.1) is 5.41 Å². The lowest BCUT2D eigenvalue weighted by atomic mass is 9.62. The fourth-order valence-electron chi connectivity index (χ4n) is 2.20. The summed E-state index contributed by atoms with van der Waals surface area (Å²) in [6, 6.07) is 0. The van der Waals surface area contributed by atoms with Crippen LogP contribution in [0.25, 0.3) is 0 Å². The third kappa shape index (κ3) is 1.13. The zero-order chi connectivity index (χ0) is 7.73. The van der Waals surface area contributed by atoms with Gasteiger partial charge in [-0.05, 0) is 44.2 Å². The van der Waals surface area contributed by atoms with Crippen molar-refractivity contribution < 1.29 is 5.21 Å². The number of oxime groups is 1. The van der Waals surface area contributed by atoms with Crippen LogP contribution in [0.2, 0.25) is 0 Å². The van der Waals surface area contributed by atoms with E-state index in [9.17, 15) is 0 Å². The van der Waals surface area contributed by atoms with E-state index in [1.165, 1.54) is 12.8 Å². The topological polar surface area (TPSA) is 44.6 Å². The Morgan fingerprint density at radius 2 is 1.91 bits per heavy atom. The van der Waals surface area contributed by atoms with E-state index in [1.807, 2.05) is 0 Å². The summed E-state index contributed by atoms with van der Waals surface area (Å²) in [5.74, 6) is 0. The molecule has 2 aliphatic rings. The average Bonchev–Trinajstić information content (AvgIpc) is 2.01. The normalized spacial score (nSPS) is 28.2. The van der Waals surface area contributed by atoms with Crippen molar-refractivity contribution in [2.45, 2.75) is 25.7 Å². The zero-order valence-electron chi connectivity index (χ0n) is 6.64. The molecule has 0 bridgehead atoms. The SMILES string of the molecule is ON=C1CC2(CCNCC2)C1. The minimum Gasteiger partial charge on any atom is -0.411 e. The molecule has 0 unspecified atom stereocenters. The van der Waals surface area contributed by atoms with Gasteiger partial charge in [0.2, 0.25) is 0 Å². The predicted molar refractivity (Wildman–Crippen MR) is 43.0 cm³/mol. The standard InChI is InChI=1S/C8H14N2O/c11-10-7-5-8(6-7)1-3-9-4-2-8/h9,11H,1-6H2. The summed E-state index contributed by atoms with van der Waals surface area (Å²) >= 11 is 0. The van der Waals surface area contributed by atoms with Crippen molar-refractivity contribution in [3.63, 3.8) is 0 Å². The Morgan fingerprint density at radius 1 is 1.27 bits per heavy atom. The van der Waals surface area contributed by atoms with Crippen molar-refractivity contribution in [2.75, 3.05) is 13.1 Å². The van der Waals surface area contributed by atoms with Crippen LogP contribution in [-0.2, 0) is 0 Å². The molecule has 62 valence electrons. The Hall–Kier alpha value is -0.570. The largest absolute Gasteiger partial charge is 0.411 e. The zero-order valence-corrected chi connectivity index (χ0v) is 6.64. The number of rotatable bonds is 0. The summed E-state index contributed by atoms with van der Waals surface area (Å²) in [5.41, 5.74) is 1.51. The van der Waals surface area contributed by atoms with Gasteiger partial charge in [0.1, 0.15) is 0 Å². The monoisotopic (exact) mass is 154 g/mol. The lowest BCUT2D eigenvalue weighted by molar-refractivity contribution is 0.174. The molecule has 1 aliphatic heterocycles. The van der Waals surface area contributed by atoms with Crippen LogP contribution < -0.4 is 5.32 Å². The summed E-state index contributed by atoms with van der Waals surface area (Å²) in [6.45, 7) is 2.28. The van der Waals surface area contributed by atoms with Crippen LogP contribution in [-0.4, -0.2) is 24.0 Å². The molecule has 2 N–H and O–H groups in total. The molecular formula is C8H14N2O. The number of nitrogens with one attached hydrogen (secondary N) is 1. The van der Waals surface area contributed by atoms with E-state index in [2.05, 4.69) is 10.5 Å². The van der Waals surface area contributed by atoms with Crippen molar-refractivity contribution >= 4 is 5.71 Å². The molecule has 2 fully saturated rings. The van der Waals surface area contributed by atoms with Crippen LogP contribution >= 0.6 is 0 Å². The third-order valence-corrected chi connectivity index (χ3v) is 2.96. The fourth-order valence-corrected chi connectivity index (χ4v) is 2.20. The summed E-state index contributed by atoms with van der Waals surface area (Å²) in [7, 11) is 0. The third-order valence-electron chi connectivity index (χ3n) is 2.96. The fraction of sp³-hybridized carbons (Fsp3) is 0.875. The molecule has 0 amide bonds. The van der Waals surface area contributed by atoms with Crippen LogP contribution in [0.5, 0.6) is 0 Å². The molecular weight excluding hydrogens is 140 g/mol. The van der Waals surface area contributed by atoms with Gasteiger partial charge in [0.05, 0.1) is 5.71 Å². The molecule has 3 heteroatoms. The molecule has 1 aliphatic carbocycles. The molecule has 0 aromatic heterocycles. The van der Waals surface area contributed by atoms with Crippen molar-refractivity contribution in [2.24, 2.45) is 10.6 Å². The van der Waals surface area contributed by atoms with Gasteiger partial charge in [-0.3, -0.25) is 0 Å². The molecule has 1 saturated heterocycles. The maximum absolute atomic E-state index is 8.47. The number of hydrogen-bond donors (Lipinski definition) is 2. The highest BCUT2D eigenvalue weighted by Gasteiger charge is 2.42. The summed E-state index contributed by atoms with van der Waals surface area (Å²) in [4.78, 5) is 0. The molecule has 1 spiro atoms. The quantitative estimate of drug-likeness (QED) is 0.403. The van der Waals surface area contributed by atoms with Crippen molar-refractivity contribution in [3.05, 3.63) is 0 Å². The second-order valence-corrected chi connectivity index (χ2v) is 3.77. The Balaban J connectivity index is 1.94. The first kappa shape index (κ1) is 7.10. The van der Waals surface area contributed by atoms with Crippen LogP contribution in [0.4, 0.5) is 0 Å². The summed E-state index contributed by atoms with van der Waals surface area (Å²) in [6.07, 6.45) is 4.58. The number of hydrogen-bond acceptors (Lipinski definition) is 3. The van der Waals surface area contributed by atoms with E-state index in [0.29, 0.717) is 5.41 Å². The van der Waals surface area contributed by atoms with Gasteiger partial charge in [-0.15, -0.1) is 0 Å². The van der Waals surface area contributed by atoms with Gasteiger partial charge in [0, 0.05) is 0 Å². The van der Waals surface area contributed by atoms with E-state index in [-0.39, 0.29) is 0 Å². The Morgan fingerprint density at radius 3 is 2.45 bits per heavy atom. The van der Waals surface area contributed by atoms with Crippen molar-refractivity contribution in [3.8, 4) is 0 Å². The first-order valence-corrected chi connectivity index (χ1v) is 4.25. The first-order valence-electron chi connectivity index (χ1n) is 4.25. The Labute approximate surface area is 66.5 Å². The summed E-state index contributed by atoms with van der Waals surface area (Å²) in [5, 5.41) is 15.1. The van der Waals surface area contributed by atoms with E-state index in [4.69, 9.17) is 5.21 Å². The molecule has 3 nitrogen and oxygen atoms in total. The summed E-state index contributed by atoms with van der Waals surface area (Å²) < 4.78 is 0. The van der Waals surface area contributed by atoms with E-state index < -0.39 is 0 Å². The molecule has 0 radical (unpaired) electrons. The van der Waals surface area contributed by atoms with Crippen molar-refractivity contribution in [1.82, 2.24) is 5.32 Å². The van der Waals surface area contributed by atoms with Crippen LogP contribution in [0.3, 0.4) is 0 Å². The van der Waals surface area contributed by atoms with Gasteiger partial charge in [-0.2, -0.15) is 0 Å². The van der Waals surface area contributed by atoms with E-state index >= 15 is 0 Å². The molecule has 11 heavy (non-hydrogen) atoms. The van der Waals surface area contributed by atoms with Crippen LogP contribution in [0.15, 0.2) is 5.16 Å². The van der Waals surface area contributed by atoms with Gasteiger partial charge in [-0.1, -0.05) is 5.16 Å².